The molecule has 0 atom stereocenters. The van der Waals surface area contributed by atoms with Crippen LogP contribution in [-0.2, 0) is 6.11 Å². The predicted octanol–water partition coefficient (Wildman–Crippen LogP) is 7.86. The topological polar surface area (TPSA) is 9.23 Å². The van der Waals surface area contributed by atoms with E-state index in [2.05, 4.69) is 16.9 Å². The highest BCUT2D eigenvalue weighted by Crippen LogP contribution is 2.39. The second-order valence-corrected chi connectivity index (χ2v) is 7.81. The summed E-state index contributed by atoms with van der Waals surface area (Å²) in [5, 5.41) is 0. The fourth-order valence-electron chi connectivity index (χ4n) is 4.02. The van der Waals surface area contributed by atoms with E-state index in [1.165, 1.54) is 18.6 Å². The van der Waals surface area contributed by atoms with Crippen LogP contribution < -0.4 is 4.74 Å². The molecule has 1 aliphatic rings. The molecule has 0 bridgehead atoms. The summed E-state index contributed by atoms with van der Waals surface area (Å²) in [5.74, 6) is -4.19. The van der Waals surface area contributed by atoms with Gasteiger partial charge in [0.15, 0.2) is 17.5 Å². The summed E-state index contributed by atoms with van der Waals surface area (Å²) in [4.78, 5) is 0. The van der Waals surface area contributed by atoms with Crippen LogP contribution in [0.4, 0.5) is 22.0 Å². The first-order valence-corrected chi connectivity index (χ1v) is 10.2. The molecule has 1 aliphatic carbocycles. The van der Waals surface area contributed by atoms with Gasteiger partial charge < -0.3 is 4.74 Å². The molecule has 2 aromatic rings. The molecular formula is C24H25F5O. The second kappa shape index (κ2) is 9.63. The highest BCUT2D eigenvalue weighted by molar-refractivity contribution is 5.31. The Labute approximate surface area is 173 Å². The summed E-state index contributed by atoms with van der Waals surface area (Å²) in [6, 6.07) is 6.84. The Morgan fingerprint density at radius 3 is 2.13 bits per heavy atom. The molecule has 1 fully saturated rings. The number of hydrogen-bond acceptors (Lipinski definition) is 1. The van der Waals surface area contributed by atoms with E-state index in [1.807, 2.05) is 6.92 Å². The lowest BCUT2D eigenvalue weighted by atomic mass is 9.77. The maximum atomic E-state index is 14.3. The normalized spacial score (nSPS) is 19.9. The van der Waals surface area contributed by atoms with Crippen molar-refractivity contribution in [2.45, 2.75) is 57.5 Å². The van der Waals surface area contributed by atoms with E-state index in [0.29, 0.717) is 5.92 Å². The first-order chi connectivity index (χ1) is 14.3. The molecule has 6 heteroatoms. The fraction of sp³-hybridized carbons (Fsp3) is 0.417. The zero-order valence-electron chi connectivity index (χ0n) is 16.8. The van der Waals surface area contributed by atoms with Crippen LogP contribution in [0.3, 0.4) is 0 Å². The lowest BCUT2D eigenvalue weighted by Crippen LogP contribution is -2.22. The van der Waals surface area contributed by atoms with E-state index in [1.54, 1.807) is 12.1 Å². The molecular weight excluding hydrogens is 399 g/mol. The van der Waals surface area contributed by atoms with Gasteiger partial charge in [-0.15, -0.1) is 0 Å². The Morgan fingerprint density at radius 1 is 0.967 bits per heavy atom. The van der Waals surface area contributed by atoms with Gasteiger partial charge in [0.25, 0.3) is 0 Å². The predicted molar refractivity (Wildman–Crippen MR) is 106 cm³/mol. The van der Waals surface area contributed by atoms with Gasteiger partial charge in [0, 0.05) is 0 Å². The number of rotatable bonds is 7. The first-order valence-electron chi connectivity index (χ1n) is 10.2. The number of alkyl halides is 2. The Kier molecular flexibility index (Phi) is 7.16. The molecule has 0 N–H and O–H groups in total. The molecule has 162 valence electrons. The third-order valence-electron chi connectivity index (χ3n) is 5.74. The summed E-state index contributed by atoms with van der Waals surface area (Å²) >= 11 is 0. The third kappa shape index (κ3) is 5.41. The van der Waals surface area contributed by atoms with Crippen molar-refractivity contribution in [3.63, 3.8) is 0 Å². The van der Waals surface area contributed by atoms with E-state index >= 15 is 0 Å². The fourth-order valence-corrected chi connectivity index (χ4v) is 4.02. The molecule has 0 aromatic heterocycles. The van der Waals surface area contributed by atoms with E-state index in [4.69, 9.17) is 0 Å². The minimum Gasteiger partial charge on any atom is -0.429 e. The molecule has 0 unspecified atom stereocenters. The van der Waals surface area contributed by atoms with E-state index in [0.717, 1.165) is 43.6 Å². The smallest absolute Gasteiger partial charge is 0.426 e. The average molecular weight is 424 g/mol. The minimum absolute atomic E-state index is 0.131. The molecule has 0 heterocycles. The van der Waals surface area contributed by atoms with Crippen LogP contribution in [0.15, 0.2) is 48.6 Å². The van der Waals surface area contributed by atoms with Crippen molar-refractivity contribution in [1.29, 1.82) is 0 Å². The van der Waals surface area contributed by atoms with E-state index in [-0.39, 0.29) is 17.9 Å². The molecule has 0 aliphatic heterocycles. The van der Waals surface area contributed by atoms with Crippen LogP contribution in [0.2, 0.25) is 0 Å². The molecule has 1 saturated carbocycles. The molecule has 0 amide bonds. The number of allylic oxidation sites excluding steroid dienone is 2. The van der Waals surface area contributed by atoms with Gasteiger partial charge in [0.2, 0.25) is 0 Å². The highest BCUT2D eigenvalue weighted by atomic mass is 19.3. The van der Waals surface area contributed by atoms with Crippen LogP contribution in [0.25, 0.3) is 0 Å². The Hall–Kier alpha value is -2.37. The lowest BCUT2D eigenvalue weighted by molar-refractivity contribution is -0.185. The lowest BCUT2D eigenvalue weighted by Gasteiger charge is -2.28. The van der Waals surface area contributed by atoms with Crippen LogP contribution in [0.5, 0.6) is 5.75 Å². The third-order valence-corrected chi connectivity index (χ3v) is 5.74. The molecule has 2 aromatic carbocycles. The minimum atomic E-state index is -4.00. The monoisotopic (exact) mass is 424 g/mol. The zero-order chi connectivity index (χ0) is 21.7. The van der Waals surface area contributed by atoms with Gasteiger partial charge in [0.05, 0.1) is 5.56 Å². The van der Waals surface area contributed by atoms with Gasteiger partial charge in [-0.1, -0.05) is 24.3 Å². The molecule has 30 heavy (non-hydrogen) atoms. The molecule has 0 spiro atoms. The van der Waals surface area contributed by atoms with Gasteiger partial charge in [-0.05, 0) is 87.1 Å². The maximum absolute atomic E-state index is 14.3. The molecule has 0 saturated heterocycles. The van der Waals surface area contributed by atoms with Crippen LogP contribution >= 0.6 is 0 Å². The summed E-state index contributed by atoms with van der Waals surface area (Å²) in [6.07, 6.45) is 6.99. The summed E-state index contributed by atoms with van der Waals surface area (Å²) < 4.78 is 72.8. The summed E-state index contributed by atoms with van der Waals surface area (Å²) in [6.45, 7) is 2.02. The Morgan fingerprint density at radius 2 is 1.57 bits per heavy atom. The van der Waals surface area contributed by atoms with E-state index in [9.17, 15) is 22.0 Å². The number of benzene rings is 2. The van der Waals surface area contributed by atoms with Gasteiger partial charge in [-0.3, -0.25) is 0 Å². The molecule has 0 radical (unpaired) electrons. The summed E-state index contributed by atoms with van der Waals surface area (Å²) in [5.41, 5.74) is -0.0179. The second-order valence-electron chi connectivity index (χ2n) is 7.81. The van der Waals surface area contributed by atoms with Crippen molar-refractivity contribution in [3.05, 3.63) is 77.1 Å². The summed E-state index contributed by atoms with van der Waals surface area (Å²) in [7, 11) is 0. The van der Waals surface area contributed by atoms with Crippen LogP contribution in [0, 0.1) is 23.4 Å². The quantitative estimate of drug-likeness (QED) is 0.250. The standard InChI is InChI=1S/C24H25F5O/c1-2-3-4-5-16-6-8-17(9-7-16)18-10-12-20(13-11-18)30-24(28,29)19-14-21(25)23(27)22(26)15-19/h2-3,10-17H,4-9H2,1H3/b3-2+. The van der Waals surface area contributed by atoms with Crippen molar-refractivity contribution in [2.24, 2.45) is 5.92 Å². The number of halogens is 5. The number of hydrogen-bond donors (Lipinski definition) is 0. The largest absolute Gasteiger partial charge is 0.429 e. The van der Waals surface area contributed by atoms with Crippen molar-refractivity contribution in [2.75, 3.05) is 0 Å². The molecule has 1 nitrogen and oxygen atoms in total. The van der Waals surface area contributed by atoms with Crippen molar-refractivity contribution < 1.29 is 26.7 Å². The van der Waals surface area contributed by atoms with Gasteiger partial charge in [-0.2, -0.15) is 8.78 Å². The molecule has 3 rings (SSSR count). The van der Waals surface area contributed by atoms with Gasteiger partial charge >= 0.3 is 6.11 Å². The zero-order valence-corrected chi connectivity index (χ0v) is 16.8. The Bertz CT molecular complexity index is 845. The Balaban J connectivity index is 1.61. The van der Waals surface area contributed by atoms with Gasteiger partial charge in [-0.25, -0.2) is 13.2 Å². The van der Waals surface area contributed by atoms with Gasteiger partial charge in [0.1, 0.15) is 5.75 Å². The van der Waals surface area contributed by atoms with Crippen molar-refractivity contribution in [3.8, 4) is 5.75 Å². The van der Waals surface area contributed by atoms with E-state index < -0.39 is 29.1 Å². The van der Waals surface area contributed by atoms with Crippen molar-refractivity contribution >= 4 is 0 Å². The van der Waals surface area contributed by atoms with Crippen LogP contribution in [-0.4, -0.2) is 0 Å². The van der Waals surface area contributed by atoms with Crippen LogP contribution in [0.1, 0.15) is 62.5 Å². The average Bonchev–Trinajstić information content (AvgIpc) is 2.73. The highest BCUT2D eigenvalue weighted by Gasteiger charge is 2.36. The first kappa shape index (κ1) is 22.3. The maximum Gasteiger partial charge on any atom is 0.426 e. The van der Waals surface area contributed by atoms with Crippen molar-refractivity contribution in [1.82, 2.24) is 0 Å². The number of ether oxygens (including phenoxy) is 1. The SMILES string of the molecule is C/C=C/CCC1CCC(c2ccc(OC(F)(F)c3cc(F)c(F)c(F)c3)cc2)CC1.